The van der Waals surface area contributed by atoms with Crippen LogP contribution in [0.25, 0.3) is 11.1 Å². The van der Waals surface area contributed by atoms with Crippen LogP contribution in [0.5, 0.6) is 11.5 Å². The number of fused-ring (bicyclic) bond motifs is 2. The summed E-state index contributed by atoms with van der Waals surface area (Å²) in [5.41, 5.74) is 1.84. The average Bonchev–Trinajstić information content (AvgIpc) is 3.70. The summed E-state index contributed by atoms with van der Waals surface area (Å²) in [7, 11) is 3.24. The van der Waals surface area contributed by atoms with Crippen molar-refractivity contribution in [2.24, 2.45) is 0 Å². The van der Waals surface area contributed by atoms with Gasteiger partial charge >= 0.3 is 5.97 Å². The normalized spacial score (nSPS) is 18.0. The number of anilines is 2. The van der Waals surface area contributed by atoms with Crippen molar-refractivity contribution in [3.8, 4) is 11.5 Å². The summed E-state index contributed by atoms with van der Waals surface area (Å²) in [4.78, 5) is 20.3. The number of carbonyl (C=O) groups excluding carboxylic acids is 1. The first-order valence-corrected chi connectivity index (χ1v) is 16.1. The van der Waals surface area contributed by atoms with E-state index in [9.17, 15) is 9.90 Å². The third-order valence-corrected chi connectivity index (χ3v) is 9.03. The van der Waals surface area contributed by atoms with Crippen molar-refractivity contribution in [1.29, 1.82) is 0 Å². The molecule has 1 aliphatic heterocycles. The zero-order valence-corrected chi connectivity index (χ0v) is 27.3. The molecule has 0 amide bonds. The van der Waals surface area contributed by atoms with Crippen molar-refractivity contribution in [3.63, 3.8) is 0 Å². The lowest BCUT2D eigenvalue weighted by atomic mass is 9.70. The van der Waals surface area contributed by atoms with Crippen LogP contribution in [0.2, 0.25) is 0 Å². The third kappa shape index (κ3) is 6.05. The number of esters is 1. The van der Waals surface area contributed by atoms with Gasteiger partial charge < -0.3 is 34.0 Å². The summed E-state index contributed by atoms with van der Waals surface area (Å²) in [5, 5.41) is 16.2. The van der Waals surface area contributed by atoms with Gasteiger partial charge in [0.15, 0.2) is 16.7 Å². The van der Waals surface area contributed by atoms with Crippen molar-refractivity contribution < 1.29 is 28.5 Å². The zero-order chi connectivity index (χ0) is 33.8. The van der Waals surface area contributed by atoms with Crippen LogP contribution in [0, 0.1) is 0 Å². The first-order chi connectivity index (χ1) is 23.9. The molecule has 9 nitrogen and oxygen atoms in total. The van der Waals surface area contributed by atoms with Crippen molar-refractivity contribution in [2.75, 3.05) is 37.5 Å². The monoisotopic (exact) mass is 655 g/mol. The molecule has 7 rings (SSSR count). The highest BCUT2D eigenvalue weighted by atomic mass is 16.5. The SMILES string of the molecule is COC(=O)C1(Cc2ccc(OCCN(C)c3nc4ccccc4o3)cc2)Nc2ccccc2C1(O)c1ccc(OCc2ccccc2)cc1. The van der Waals surface area contributed by atoms with Gasteiger partial charge in [0.05, 0.1) is 13.7 Å². The molecule has 2 unspecified atom stereocenters. The van der Waals surface area contributed by atoms with E-state index in [1.807, 2.05) is 127 Å². The van der Waals surface area contributed by atoms with Gasteiger partial charge in [-0.1, -0.05) is 84.9 Å². The highest BCUT2D eigenvalue weighted by Crippen LogP contribution is 2.52. The lowest BCUT2D eigenvalue weighted by Crippen LogP contribution is -2.60. The summed E-state index contributed by atoms with van der Waals surface area (Å²) >= 11 is 0. The molecule has 0 saturated heterocycles. The Kier molecular flexibility index (Phi) is 8.67. The predicted molar refractivity (Wildman–Crippen MR) is 188 cm³/mol. The fraction of sp³-hybridized carbons (Fsp3) is 0.200. The van der Waals surface area contributed by atoms with Gasteiger partial charge in [-0.05, 0) is 59.2 Å². The van der Waals surface area contributed by atoms with Gasteiger partial charge in [0, 0.05) is 24.7 Å². The second kappa shape index (κ2) is 13.4. The molecule has 0 bridgehead atoms. The summed E-state index contributed by atoms with van der Waals surface area (Å²) < 4.78 is 23.3. The molecule has 9 heteroatoms. The predicted octanol–water partition coefficient (Wildman–Crippen LogP) is 6.74. The number of oxazole rings is 1. The Balaban J connectivity index is 1.09. The summed E-state index contributed by atoms with van der Waals surface area (Å²) in [6.07, 6.45) is 0.137. The molecule has 0 spiro atoms. The maximum absolute atomic E-state index is 13.9. The topological polar surface area (TPSA) is 106 Å². The standard InChI is InChI=1S/C40H37N3O6/c1-43(38-41-35-14-8-9-15-36(35)49-38)24-25-47-31-20-16-28(17-21-31)26-39(37(44)46-2)40(45,33-12-6-7-13-34(33)42-39)30-18-22-32(23-19-30)48-27-29-10-4-3-5-11-29/h3-23,42,45H,24-27H2,1-2H3. The highest BCUT2D eigenvalue weighted by Gasteiger charge is 2.63. The van der Waals surface area contributed by atoms with Crippen molar-refractivity contribution >= 4 is 28.8 Å². The minimum absolute atomic E-state index is 0.137. The molecular formula is C40H37N3O6. The molecule has 1 aromatic heterocycles. The quantitative estimate of drug-likeness (QED) is 0.139. The van der Waals surface area contributed by atoms with Gasteiger partial charge in [-0.3, -0.25) is 0 Å². The molecule has 2 atom stereocenters. The lowest BCUT2D eigenvalue weighted by molar-refractivity contribution is -0.154. The van der Waals surface area contributed by atoms with Crippen LogP contribution in [0.15, 0.2) is 132 Å². The van der Waals surface area contributed by atoms with Crippen LogP contribution in [0.1, 0.15) is 22.3 Å². The largest absolute Gasteiger partial charge is 0.492 e. The van der Waals surface area contributed by atoms with E-state index < -0.39 is 17.1 Å². The van der Waals surface area contributed by atoms with Gasteiger partial charge in [0.2, 0.25) is 0 Å². The lowest BCUT2D eigenvalue weighted by Gasteiger charge is -2.40. The molecule has 2 heterocycles. The van der Waals surface area contributed by atoms with E-state index in [2.05, 4.69) is 10.3 Å². The number of aromatic nitrogens is 1. The zero-order valence-electron chi connectivity index (χ0n) is 27.3. The Hall–Kier alpha value is -5.80. The number of ether oxygens (including phenoxy) is 3. The smallest absolute Gasteiger partial charge is 0.335 e. The first kappa shape index (κ1) is 31.8. The average molecular weight is 656 g/mol. The van der Waals surface area contributed by atoms with Gasteiger partial charge in [-0.25, -0.2) is 4.79 Å². The Morgan fingerprint density at radius 2 is 1.49 bits per heavy atom. The number of likely N-dealkylation sites (N-methyl/N-ethyl adjacent to an activating group) is 1. The minimum atomic E-state index is -1.76. The Labute approximate surface area is 284 Å². The fourth-order valence-corrected chi connectivity index (χ4v) is 6.44. The number of para-hydroxylation sites is 3. The van der Waals surface area contributed by atoms with E-state index in [4.69, 9.17) is 18.6 Å². The number of benzene rings is 5. The van der Waals surface area contributed by atoms with Crippen molar-refractivity contribution in [3.05, 3.63) is 150 Å². The molecule has 0 fully saturated rings. The first-order valence-electron chi connectivity index (χ1n) is 16.1. The van der Waals surface area contributed by atoms with Crippen molar-refractivity contribution in [1.82, 2.24) is 4.98 Å². The van der Waals surface area contributed by atoms with Crippen LogP contribution < -0.4 is 19.7 Å². The molecule has 5 aromatic carbocycles. The Bertz CT molecular complexity index is 2010. The van der Waals surface area contributed by atoms with Gasteiger partial charge in [0.1, 0.15) is 30.2 Å². The second-order valence-electron chi connectivity index (χ2n) is 12.1. The fourth-order valence-electron chi connectivity index (χ4n) is 6.44. The molecule has 1 aliphatic rings. The van der Waals surface area contributed by atoms with Crippen LogP contribution in [-0.4, -0.2) is 48.9 Å². The minimum Gasteiger partial charge on any atom is -0.492 e. The number of aliphatic hydroxyl groups is 1. The maximum Gasteiger partial charge on any atom is 0.335 e. The number of carbonyl (C=O) groups is 1. The Morgan fingerprint density at radius 3 is 2.24 bits per heavy atom. The molecule has 0 saturated carbocycles. The van der Waals surface area contributed by atoms with Crippen LogP contribution in [0.4, 0.5) is 11.7 Å². The van der Waals surface area contributed by atoms with Crippen molar-refractivity contribution in [2.45, 2.75) is 24.2 Å². The summed E-state index contributed by atoms with van der Waals surface area (Å²) in [6, 6.07) is 40.2. The molecule has 6 aromatic rings. The van der Waals surface area contributed by atoms with E-state index in [0.717, 1.165) is 22.2 Å². The van der Waals surface area contributed by atoms with Crippen LogP contribution in [0.3, 0.4) is 0 Å². The van der Waals surface area contributed by atoms with Gasteiger partial charge in [-0.2, -0.15) is 4.98 Å². The van der Waals surface area contributed by atoms with Gasteiger partial charge in [-0.15, -0.1) is 0 Å². The van der Waals surface area contributed by atoms with Gasteiger partial charge in [0.25, 0.3) is 6.01 Å². The number of hydrogen-bond acceptors (Lipinski definition) is 9. The molecular weight excluding hydrogens is 618 g/mol. The van der Waals surface area contributed by atoms with Crippen LogP contribution >= 0.6 is 0 Å². The van der Waals surface area contributed by atoms with E-state index in [-0.39, 0.29) is 6.42 Å². The maximum atomic E-state index is 13.9. The third-order valence-electron chi connectivity index (χ3n) is 9.03. The second-order valence-corrected chi connectivity index (χ2v) is 12.1. The van der Waals surface area contributed by atoms with E-state index >= 15 is 0 Å². The van der Waals surface area contributed by atoms with E-state index in [1.54, 1.807) is 12.1 Å². The summed E-state index contributed by atoms with van der Waals surface area (Å²) in [6.45, 7) is 1.38. The van der Waals surface area contributed by atoms with Crippen LogP contribution in [-0.2, 0) is 28.2 Å². The van der Waals surface area contributed by atoms with E-state index in [0.29, 0.717) is 54.1 Å². The molecule has 0 radical (unpaired) electrons. The van der Waals surface area contributed by atoms with E-state index in [1.165, 1.54) is 7.11 Å². The number of methoxy groups -OCH3 is 1. The molecule has 248 valence electrons. The molecule has 0 aliphatic carbocycles. The highest BCUT2D eigenvalue weighted by molar-refractivity contribution is 5.92. The number of rotatable bonds is 12. The summed E-state index contributed by atoms with van der Waals surface area (Å²) in [5.74, 6) is 0.735. The number of nitrogens with zero attached hydrogens (tertiary/aromatic N) is 2. The number of nitrogens with one attached hydrogen (secondary N) is 1. The Morgan fingerprint density at radius 1 is 0.816 bits per heavy atom. The molecule has 2 N–H and O–H groups in total. The number of hydrogen-bond donors (Lipinski definition) is 2. The molecule has 49 heavy (non-hydrogen) atoms.